The van der Waals surface area contributed by atoms with E-state index >= 15 is 4.39 Å². The van der Waals surface area contributed by atoms with E-state index in [1.807, 2.05) is 6.07 Å². The zero-order valence-electron chi connectivity index (χ0n) is 28.3. The van der Waals surface area contributed by atoms with Gasteiger partial charge in [0.2, 0.25) is 0 Å². The second kappa shape index (κ2) is 11.6. The molecule has 4 saturated heterocycles. The molecule has 5 fully saturated rings. The Morgan fingerprint density at radius 3 is 2.48 bits per heavy atom. The van der Waals surface area contributed by atoms with Crippen LogP contribution in [0, 0.1) is 34.4 Å². The minimum Gasteiger partial charge on any atom is -0.508 e. The molecule has 4 atom stereocenters. The summed E-state index contributed by atoms with van der Waals surface area (Å²) in [5.74, 6) is 2.65. The summed E-state index contributed by atoms with van der Waals surface area (Å²) in [5.41, 5.74) is 1.77. The van der Waals surface area contributed by atoms with Crippen LogP contribution in [-0.2, 0) is 4.74 Å². The van der Waals surface area contributed by atoms with Gasteiger partial charge in [0.15, 0.2) is 0 Å². The van der Waals surface area contributed by atoms with Crippen LogP contribution in [0.2, 0.25) is 10.0 Å². The highest BCUT2D eigenvalue weighted by atomic mass is 35.5. The molecular formula is C39H40Cl2FN5O3. The predicted octanol–water partition coefficient (Wildman–Crippen LogP) is 7.04. The number of benzene rings is 3. The molecule has 1 aromatic heterocycles. The van der Waals surface area contributed by atoms with E-state index in [4.69, 9.17) is 49.1 Å². The average Bonchev–Trinajstić information content (AvgIpc) is 3.58. The lowest BCUT2D eigenvalue weighted by atomic mass is 9.71. The number of aromatic hydroxyl groups is 1. The number of nitrogens with one attached hydrogen (secondary N) is 1. The van der Waals surface area contributed by atoms with Crippen molar-refractivity contribution in [2.45, 2.75) is 51.6 Å². The lowest BCUT2D eigenvalue weighted by Gasteiger charge is -2.34. The Hall–Kier alpha value is -3.39. The zero-order chi connectivity index (χ0) is 34.6. The summed E-state index contributed by atoms with van der Waals surface area (Å²) in [6.07, 6.45) is 10.2. The lowest BCUT2D eigenvalue weighted by Crippen LogP contribution is -2.51. The summed E-state index contributed by atoms with van der Waals surface area (Å²) in [4.78, 5) is 14.9. The summed E-state index contributed by atoms with van der Waals surface area (Å²) >= 11 is 14.4. The average molecular weight is 717 g/mol. The van der Waals surface area contributed by atoms with E-state index in [9.17, 15) is 5.11 Å². The number of fused-ring (bicyclic) bond motifs is 5. The lowest BCUT2D eigenvalue weighted by molar-refractivity contribution is 0.112. The summed E-state index contributed by atoms with van der Waals surface area (Å²) in [6, 6.07) is 8.77. The molecule has 9 rings (SSSR count). The van der Waals surface area contributed by atoms with Crippen LogP contribution in [0.25, 0.3) is 32.8 Å². The quantitative estimate of drug-likeness (QED) is 0.197. The van der Waals surface area contributed by atoms with E-state index in [-0.39, 0.29) is 38.6 Å². The van der Waals surface area contributed by atoms with Crippen LogP contribution in [0.15, 0.2) is 30.3 Å². The van der Waals surface area contributed by atoms with Gasteiger partial charge in [0.05, 0.1) is 40.9 Å². The fraction of sp³-hybridized carbons (Fsp3) is 0.487. The molecule has 5 heterocycles. The van der Waals surface area contributed by atoms with Crippen LogP contribution in [0.5, 0.6) is 11.8 Å². The number of hydrogen-bond donors (Lipinski definition) is 2. The van der Waals surface area contributed by atoms with Crippen molar-refractivity contribution in [3.63, 3.8) is 0 Å². The highest BCUT2D eigenvalue weighted by Crippen LogP contribution is 2.54. The predicted molar refractivity (Wildman–Crippen MR) is 195 cm³/mol. The normalized spacial score (nSPS) is 28.4. The van der Waals surface area contributed by atoms with Crippen LogP contribution in [-0.4, -0.2) is 84.6 Å². The van der Waals surface area contributed by atoms with Gasteiger partial charge in [0, 0.05) is 77.4 Å². The van der Waals surface area contributed by atoms with Gasteiger partial charge in [0.1, 0.15) is 17.4 Å². The Balaban J connectivity index is 1.12. The number of hydrogen-bond acceptors (Lipinski definition) is 8. The molecule has 4 aliphatic heterocycles. The van der Waals surface area contributed by atoms with Gasteiger partial charge in [-0.3, -0.25) is 0 Å². The summed E-state index contributed by atoms with van der Waals surface area (Å²) in [6.45, 7) is 11.5. The minimum atomic E-state index is -0.545. The van der Waals surface area contributed by atoms with Crippen LogP contribution in [0.4, 0.5) is 10.2 Å². The molecule has 0 amide bonds. The molecular weight excluding hydrogens is 676 g/mol. The molecule has 8 nitrogen and oxygen atoms in total. The number of phenols is 1. The van der Waals surface area contributed by atoms with Crippen molar-refractivity contribution in [2.24, 2.45) is 16.2 Å². The smallest absolute Gasteiger partial charge is 0.319 e. The minimum absolute atomic E-state index is 0.0233. The number of phenolic OH excluding ortho intramolecular Hbond substituents is 1. The first-order chi connectivity index (χ1) is 24.0. The van der Waals surface area contributed by atoms with Gasteiger partial charge in [-0.2, -0.15) is 9.97 Å². The molecule has 50 heavy (non-hydrogen) atoms. The highest BCUT2D eigenvalue weighted by Gasteiger charge is 2.57. The van der Waals surface area contributed by atoms with Gasteiger partial charge >= 0.3 is 6.01 Å². The maximum absolute atomic E-state index is 15.0. The topological polar surface area (TPSA) is 83.0 Å². The molecule has 2 bridgehead atoms. The van der Waals surface area contributed by atoms with Crippen molar-refractivity contribution in [1.29, 1.82) is 0 Å². The molecule has 0 radical (unpaired) electrons. The maximum atomic E-state index is 15.0. The first-order valence-corrected chi connectivity index (χ1v) is 18.3. The third kappa shape index (κ3) is 5.21. The molecule has 3 aromatic carbocycles. The van der Waals surface area contributed by atoms with Crippen LogP contribution < -0.4 is 15.0 Å². The van der Waals surface area contributed by atoms with Crippen LogP contribution >= 0.6 is 23.2 Å². The van der Waals surface area contributed by atoms with E-state index in [1.54, 1.807) is 12.1 Å². The molecule has 1 aliphatic carbocycles. The zero-order valence-corrected chi connectivity index (χ0v) is 29.8. The molecule has 1 saturated carbocycles. The standard InChI is InChI=1S/C39H40Cl2FN5O3/c1-4-26-30(42)8-5-22-11-25(48)12-27(31(22)26)32-29(40)13-28-34(33(32)41)44-36(45-35(28)47-14-23-6-7-24(15-47)43-23)50-21-39(9-10-39)18-46-16-37(2)19-49-20-38(37,3)17-46/h1,5,8,11-13,23-24,43,48H,6-7,9-10,14-21H2,2-3H3/t23?,24?,37-,38-/m0/s1. The summed E-state index contributed by atoms with van der Waals surface area (Å²) in [5, 5.41) is 16.7. The fourth-order valence-electron chi connectivity index (χ4n) is 9.14. The number of ether oxygens (including phenoxy) is 2. The van der Waals surface area contributed by atoms with Crippen molar-refractivity contribution in [2.75, 3.05) is 57.4 Å². The number of halogens is 3. The molecule has 2 N–H and O–H groups in total. The van der Waals surface area contributed by atoms with Crippen molar-refractivity contribution in [3.8, 4) is 35.2 Å². The molecule has 260 valence electrons. The number of piperazine rings is 1. The molecule has 11 heteroatoms. The second-order valence-corrected chi connectivity index (χ2v) is 16.8. The Morgan fingerprint density at radius 1 is 1.08 bits per heavy atom. The van der Waals surface area contributed by atoms with Gasteiger partial charge in [-0.05, 0) is 60.9 Å². The Bertz CT molecular complexity index is 2090. The maximum Gasteiger partial charge on any atom is 0.319 e. The second-order valence-electron chi connectivity index (χ2n) is 16.0. The summed E-state index contributed by atoms with van der Waals surface area (Å²) in [7, 11) is 0. The van der Waals surface area contributed by atoms with Gasteiger partial charge in [-0.25, -0.2) is 4.39 Å². The molecule has 0 spiro atoms. The monoisotopic (exact) mass is 715 g/mol. The Morgan fingerprint density at radius 2 is 1.80 bits per heavy atom. The number of anilines is 1. The SMILES string of the molecule is C#Cc1c(F)ccc2cc(O)cc(-c3c(Cl)cc4c(N5CC6CCC(C5)N6)nc(OCC5(CN6C[C@@]7(C)COC[C@]7(C)C6)CC5)nc4c3Cl)c12. The Labute approximate surface area is 301 Å². The van der Waals surface area contributed by atoms with Crippen molar-refractivity contribution in [1.82, 2.24) is 20.2 Å². The first kappa shape index (κ1) is 32.5. The van der Waals surface area contributed by atoms with E-state index in [1.165, 1.54) is 12.1 Å². The largest absolute Gasteiger partial charge is 0.508 e. The molecule has 4 aromatic rings. The van der Waals surface area contributed by atoms with E-state index < -0.39 is 5.82 Å². The fourth-order valence-corrected chi connectivity index (χ4v) is 9.84. The summed E-state index contributed by atoms with van der Waals surface area (Å²) < 4.78 is 27.5. The van der Waals surface area contributed by atoms with Crippen molar-refractivity contribution >= 4 is 50.7 Å². The Kier molecular flexibility index (Phi) is 7.52. The number of aromatic nitrogens is 2. The molecule has 5 aliphatic rings. The molecule has 2 unspecified atom stereocenters. The van der Waals surface area contributed by atoms with Gasteiger partial charge < -0.3 is 29.7 Å². The van der Waals surface area contributed by atoms with Crippen LogP contribution in [0.1, 0.15) is 45.1 Å². The van der Waals surface area contributed by atoms with E-state index in [0.717, 1.165) is 77.4 Å². The van der Waals surface area contributed by atoms with E-state index in [0.29, 0.717) is 56.5 Å². The first-order valence-electron chi connectivity index (χ1n) is 17.5. The van der Waals surface area contributed by atoms with Crippen molar-refractivity contribution < 1.29 is 19.0 Å². The van der Waals surface area contributed by atoms with Crippen molar-refractivity contribution in [3.05, 3.63) is 51.8 Å². The van der Waals surface area contributed by atoms with Gasteiger partial charge in [0.25, 0.3) is 0 Å². The number of terminal acetylenes is 1. The number of rotatable bonds is 7. The third-order valence-corrected chi connectivity index (χ3v) is 13.0. The van der Waals surface area contributed by atoms with Crippen LogP contribution in [0.3, 0.4) is 0 Å². The van der Waals surface area contributed by atoms with Gasteiger partial charge in [-0.15, -0.1) is 6.42 Å². The number of nitrogens with zero attached hydrogens (tertiary/aromatic N) is 4. The third-order valence-electron chi connectivity index (χ3n) is 12.3. The van der Waals surface area contributed by atoms with Gasteiger partial charge in [-0.1, -0.05) is 49.0 Å². The van der Waals surface area contributed by atoms with E-state index in [2.05, 4.69) is 34.9 Å². The number of likely N-dealkylation sites (tertiary alicyclic amines) is 1. The highest BCUT2D eigenvalue weighted by molar-refractivity contribution is 6.43.